The van der Waals surface area contributed by atoms with Crippen LogP contribution in [0.2, 0.25) is 5.02 Å². The molecule has 1 saturated heterocycles. The molecule has 2 aliphatic heterocycles. The molecule has 3 N–H and O–H groups in total. The van der Waals surface area contributed by atoms with Gasteiger partial charge in [-0.3, -0.25) is 19.8 Å². The second kappa shape index (κ2) is 18.4. The van der Waals surface area contributed by atoms with Gasteiger partial charge in [0.1, 0.15) is 11.4 Å². The fraction of sp³-hybridized carbons (Fsp3) is 0.233. The van der Waals surface area contributed by atoms with E-state index in [1.54, 1.807) is 42.2 Å². The van der Waals surface area contributed by atoms with Crippen molar-refractivity contribution < 1.29 is 23.2 Å². The lowest BCUT2D eigenvalue weighted by molar-refractivity contribution is -0.384. The standard InChI is InChI=1S/C43H43ClN6O6S2/c44-34-14-10-31(11-15-34)40-9-5-4-6-33(40)27-47-22-24-49(25-23-47)36-16-12-32(13-17-36)43(52)46-58(55,56)39-18-19-41(42(26-39)50(53)54)45-35(20-21-48-28-37(51)29-48)30-57-38-7-2-1-3-8-38/h1-19,26,28,35,45,51H,20-25,27,29-30H2,(H,46,52)/t35-/m1/s1. The van der Waals surface area contributed by atoms with Crippen LogP contribution in [0.3, 0.4) is 0 Å². The van der Waals surface area contributed by atoms with Gasteiger partial charge in [0.05, 0.1) is 16.4 Å². The molecule has 0 aromatic heterocycles. The molecule has 7 rings (SSSR count). The number of thioether (sulfide) groups is 1. The number of carbonyl (C=O) groups excluding carboxylic acids is 1. The molecule has 5 aromatic rings. The molecule has 1 amide bonds. The Morgan fingerprint density at radius 2 is 1.59 bits per heavy atom. The molecular weight excluding hydrogens is 796 g/mol. The molecule has 0 bridgehead atoms. The zero-order chi connectivity index (χ0) is 40.6. The van der Waals surface area contributed by atoms with E-state index in [4.69, 9.17) is 11.6 Å². The quantitative estimate of drug-likeness (QED) is 0.0504. The number of benzene rings is 5. The van der Waals surface area contributed by atoms with Gasteiger partial charge in [0.15, 0.2) is 0 Å². The molecule has 12 nitrogen and oxygen atoms in total. The van der Waals surface area contributed by atoms with Gasteiger partial charge in [-0.05, 0) is 83.8 Å². The monoisotopic (exact) mass is 838 g/mol. The number of carbonyl (C=O) groups is 1. The van der Waals surface area contributed by atoms with E-state index in [-0.39, 0.29) is 17.3 Å². The van der Waals surface area contributed by atoms with Crippen LogP contribution in [0.15, 0.2) is 143 Å². The lowest BCUT2D eigenvalue weighted by Crippen LogP contribution is -2.46. The number of piperazine rings is 1. The van der Waals surface area contributed by atoms with Crippen LogP contribution in [0.4, 0.5) is 17.1 Å². The predicted molar refractivity (Wildman–Crippen MR) is 230 cm³/mol. The average Bonchev–Trinajstić information content (AvgIpc) is 3.22. The van der Waals surface area contributed by atoms with Crippen molar-refractivity contribution in [3.8, 4) is 11.1 Å². The molecule has 5 aromatic carbocycles. The van der Waals surface area contributed by atoms with Crippen LogP contribution in [0.5, 0.6) is 0 Å². The fourth-order valence-corrected chi connectivity index (χ4v) is 9.09. The molecule has 0 aliphatic carbocycles. The molecule has 0 spiro atoms. The molecular formula is C43H43ClN6O6S2. The van der Waals surface area contributed by atoms with E-state index in [9.17, 15) is 28.4 Å². The summed E-state index contributed by atoms with van der Waals surface area (Å²) in [5.41, 5.74) is 4.33. The highest BCUT2D eigenvalue weighted by Gasteiger charge is 2.26. The molecule has 58 heavy (non-hydrogen) atoms. The smallest absolute Gasteiger partial charge is 0.293 e. The highest BCUT2D eigenvalue weighted by Crippen LogP contribution is 2.31. The summed E-state index contributed by atoms with van der Waals surface area (Å²) < 4.78 is 28.9. The molecule has 300 valence electrons. The van der Waals surface area contributed by atoms with Crippen molar-refractivity contribution in [2.45, 2.75) is 28.8 Å². The Kier molecular flexibility index (Phi) is 12.9. The lowest BCUT2D eigenvalue weighted by atomic mass is 9.99. The SMILES string of the molecule is O=C(NS(=O)(=O)c1ccc(N[C@H](CCN2C=C(O)C2)CSc2ccccc2)c([N+](=O)[O-])c1)c1ccc(N2CCN(Cc3ccccc3-c3ccc(Cl)cc3)CC2)cc1. The summed E-state index contributed by atoms with van der Waals surface area (Å²) >= 11 is 7.71. The van der Waals surface area contributed by atoms with Gasteiger partial charge >= 0.3 is 0 Å². The number of hydrogen-bond donors (Lipinski definition) is 3. The minimum atomic E-state index is -4.46. The first kappa shape index (κ1) is 40.6. The predicted octanol–water partition coefficient (Wildman–Crippen LogP) is 8.03. The number of nitrogens with zero attached hydrogens (tertiary/aromatic N) is 4. The highest BCUT2D eigenvalue weighted by atomic mass is 35.5. The molecule has 2 heterocycles. The minimum absolute atomic E-state index is 0.140. The number of halogens is 1. The zero-order valence-corrected chi connectivity index (χ0v) is 33.9. The van der Waals surface area contributed by atoms with Gasteiger partial charge in [0.2, 0.25) is 0 Å². The van der Waals surface area contributed by atoms with Crippen molar-refractivity contribution in [3.63, 3.8) is 0 Å². The van der Waals surface area contributed by atoms with Gasteiger partial charge in [-0.25, -0.2) is 13.1 Å². The van der Waals surface area contributed by atoms with Crippen LogP contribution >= 0.6 is 23.4 Å². The summed E-state index contributed by atoms with van der Waals surface area (Å²) in [5.74, 6) is 0.0375. The fourth-order valence-electron chi connectivity index (χ4n) is 6.98. The molecule has 0 saturated carbocycles. The number of anilines is 2. The van der Waals surface area contributed by atoms with Crippen LogP contribution in [-0.2, 0) is 16.6 Å². The lowest BCUT2D eigenvalue weighted by Gasteiger charge is -2.36. The van der Waals surface area contributed by atoms with E-state index < -0.39 is 31.4 Å². The second-order valence-electron chi connectivity index (χ2n) is 14.2. The number of nitrogens with one attached hydrogen (secondary N) is 2. The van der Waals surface area contributed by atoms with Gasteiger partial charge in [-0.2, -0.15) is 0 Å². The molecule has 2 aliphatic rings. The Balaban J connectivity index is 0.957. The number of nitro groups is 1. The van der Waals surface area contributed by atoms with Gasteiger partial charge in [0, 0.05) is 84.5 Å². The maximum absolute atomic E-state index is 13.4. The van der Waals surface area contributed by atoms with Crippen molar-refractivity contribution in [1.82, 2.24) is 14.5 Å². The first-order valence-electron chi connectivity index (χ1n) is 18.9. The number of aliphatic hydroxyl groups excluding tert-OH is 1. The van der Waals surface area contributed by atoms with Crippen molar-refractivity contribution in [2.24, 2.45) is 0 Å². The minimum Gasteiger partial charge on any atom is -0.509 e. The first-order valence-corrected chi connectivity index (χ1v) is 21.7. The van der Waals surface area contributed by atoms with E-state index in [1.807, 2.05) is 65.6 Å². The van der Waals surface area contributed by atoms with Crippen molar-refractivity contribution >= 4 is 56.4 Å². The second-order valence-corrected chi connectivity index (χ2v) is 17.4. The largest absolute Gasteiger partial charge is 0.509 e. The van der Waals surface area contributed by atoms with Crippen molar-refractivity contribution in [1.29, 1.82) is 0 Å². The highest BCUT2D eigenvalue weighted by molar-refractivity contribution is 7.99. The van der Waals surface area contributed by atoms with Crippen LogP contribution in [0, 0.1) is 10.1 Å². The van der Waals surface area contributed by atoms with Crippen molar-refractivity contribution in [2.75, 3.05) is 55.2 Å². The van der Waals surface area contributed by atoms with E-state index in [2.05, 4.69) is 38.0 Å². The van der Waals surface area contributed by atoms with E-state index in [0.717, 1.165) is 54.9 Å². The summed E-state index contributed by atoms with van der Waals surface area (Å²) in [6, 6.07) is 36.1. The van der Waals surface area contributed by atoms with Crippen LogP contribution in [0.25, 0.3) is 11.1 Å². The Bertz CT molecular complexity index is 2380. The molecule has 1 fully saturated rings. The van der Waals surface area contributed by atoms with Gasteiger partial charge in [-0.15, -0.1) is 11.8 Å². The van der Waals surface area contributed by atoms with Crippen LogP contribution in [0.1, 0.15) is 22.3 Å². The number of nitro benzene ring substituents is 1. The first-order chi connectivity index (χ1) is 28.0. The third-order valence-electron chi connectivity index (χ3n) is 10.2. The third-order valence-corrected chi connectivity index (χ3v) is 12.9. The van der Waals surface area contributed by atoms with Gasteiger partial charge in [-0.1, -0.05) is 66.2 Å². The maximum Gasteiger partial charge on any atom is 0.293 e. The van der Waals surface area contributed by atoms with Crippen LogP contribution in [-0.4, -0.2) is 85.2 Å². The normalized spacial score (nSPS) is 14.9. The summed E-state index contributed by atoms with van der Waals surface area (Å²) in [6.07, 6.45) is 2.26. The molecule has 0 unspecified atom stereocenters. The molecule has 0 radical (unpaired) electrons. The number of amides is 1. The van der Waals surface area contributed by atoms with E-state index in [0.29, 0.717) is 36.0 Å². The number of sulfonamides is 1. The van der Waals surface area contributed by atoms with E-state index in [1.165, 1.54) is 23.3 Å². The number of aliphatic hydroxyl groups is 1. The topological polar surface area (TPSA) is 148 Å². The Hall–Kier alpha value is -5.54. The maximum atomic E-state index is 13.4. The molecule has 1 atom stereocenters. The summed E-state index contributed by atoms with van der Waals surface area (Å²) in [5, 5.41) is 25.7. The number of rotatable bonds is 16. The average molecular weight is 839 g/mol. The third kappa shape index (κ3) is 10.3. The summed E-state index contributed by atoms with van der Waals surface area (Å²) in [6.45, 7) is 5.10. The van der Waals surface area contributed by atoms with Gasteiger partial charge in [0.25, 0.3) is 21.6 Å². The Labute approximate surface area is 347 Å². The Morgan fingerprint density at radius 1 is 0.897 bits per heavy atom. The number of hydrogen-bond acceptors (Lipinski definition) is 11. The zero-order valence-electron chi connectivity index (χ0n) is 31.5. The van der Waals surface area contributed by atoms with Crippen LogP contribution < -0.4 is 14.9 Å². The summed E-state index contributed by atoms with van der Waals surface area (Å²) in [7, 11) is -4.46. The van der Waals surface area contributed by atoms with Gasteiger partial charge < -0.3 is 20.2 Å². The summed E-state index contributed by atoms with van der Waals surface area (Å²) in [4.78, 5) is 32.0. The molecule has 15 heteroatoms. The van der Waals surface area contributed by atoms with Crippen molar-refractivity contribution in [3.05, 3.63) is 160 Å². The van der Waals surface area contributed by atoms with E-state index >= 15 is 0 Å². The Morgan fingerprint density at radius 3 is 2.28 bits per heavy atom.